The van der Waals surface area contributed by atoms with Crippen LogP contribution in [0.3, 0.4) is 0 Å². The minimum Gasteiger partial charge on any atom is -0.356 e. The Morgan fingerprint density at radius 1 is 1.38 bits per heavy atom. The van der Waals surface area contributed by atoms with E-state index in [4.69, 9.17) is 0 Å². The van der Waals surface area contributed by atoms with Crippen molar-refractivity contribution in [3.05, 3.63) is 35.6 Å². The molecule has 0 aliphatic carbocycles. The van der Waals surface area contributed by atoms with Gasteiger partial charge in [-0.3, -0.25) is 4.79 Å². The fraction of sp³-hybridized carbons (Fsp3) is 0.500. The number of sulfonamides is 1. The quantitative estimate of drug-likeness (QED) is 0.885. The molecule has 2 rings (SSSR count). The molecule has 116 valence electrons. The van der Waals surface area contributed by atoms with E-state index in [9.17, 15) is 17.6 Å². The van der Waals surface area contributed by atoms with Crippen LogP contribution in [0.1, 0.15) is 18.9 Å². The van der Waals surface area contributed by atoms with Crippen LogP contribution in [-0.4, -0.2) is 38.3 Å². The normalized spacial score (nSPS) is 19.6. The van der Waals surface area contributed by atoms with Gasteiger partial charge in [0.2, 0.25) is 15.9 Å². The van der Waals surface area contributed by atoms with Gasteiger partial charge < -0.3 is 5.32 Å². The van der Waals surface area contributed by atoms with Gasteiger partial charge in [0.25, 0.3) is 0 Å². The molecule has 1 aromatic rings. The van der Waals surface area contributed by atoms with E-state index in [0.717, 1.165) is 0 Å². The summed E-state index contributed by atoms with van der Waals surface area (Å²) in [5.41, 5.74) is 0.540. The molecule has 1 unspecified atom stereocenters. The third-order valence-corrected chi connectivity index (χ3v) is 5.35. The Labute approximate surface area is 124 Å². The van der Waals surface area contributed by atoms with E-state index < -0.39 is 15.8 Å². The summed E-state index contributed by atoms with van der Waals surface area (Å²) < 4.78 is 38.8. The number of benzene rings is 1. The zero-order valence-electron chi connectivity index (χ0n) is 11.9. The van der Waals surface area contributed by atoms with Crippen molar-refractivity contribution < 1.29 is 17.6 Å². The van der Waals surface area contributed by atoms with Gasteiger partial charge in [0.1, 0.15) is 5.82 Å². The summed E-state index contributed by atoms with van der Waals surface area (Å²) in [6.45, 7) is 2.94. The highest BCUT2D eigenvalue weighted by molar-refractivity contribution is 7.88. The number of amides is 1. The van der Waals surface area contributed by atoms with Crippen LogP contribution in [0, 0.1) is 11.7 Å². The molecule has 0 aromatic heterocycles. The van der Waals surface area contributed by atoms with E-state index in [-0.39, 0.29) is 24.1 Å². The molecule has 1 saturated heterocycles. The van der Waals surface area contributed by atoms with E-state index in [2.05, 4.69) is 5.32 Å². The molecule has 5 nitrogen and oxygen atoms in total. The highest BCUT2D eigenvalue weighted by Gasteiger charge is 2.34. The maximum Gasteiger partial charge on any atom is 0.224 e. The van der Waals surface area contributed by atoms with Crippen molar-refractivity contribution in [2.24, 2.45) is 5.92 Å². The van der Waals surface area contributed by atoms with Crippen molar-refractivity contribution in [3.8, 4) is 0 Å². The second-order valence-corrected chi connectivity index (χ2v) is 7.09. The molecule has 1 heterocycles. The summed E-state index contributed by atoms with van der Waals surface area (Å²) in [4.78, 5) is 11.7. The van der Waals surface area contributed by atoms with Gasteiger partial charge in [0, 0.05) is 19.6 Å². The Morgan fingerprint density at radius 2 is 2.05 bits per heavy atom. The van der Waals surface area contributed by atoms with E-state index in [1.807, 2.05) is 6.92 Å². The summed E-state index contributed by atoms with van der Waals surface area (Å²) >= 11 is 0. The molecule has 0 saturated carbocycles. The molecule has 1 aromatic carbocycles. The van der Waals surface area contributed by atoms with Crippen LogP contribution in [0.15, 0.2) is 24.3 Å². The van der Waals surface area contributed by atoms with Crippen LogP contribution >= 0.6 is 0 Å². The predicted octanol–water partition coefficient (Wildman–Crippen LogP) is 1.11. The lowest BCUT2D eigenvalue weighted by atomic mass is 10.1. The number of nitrogens with zero attached hydrogens (tertiary/aromatic N) is 1. The van der Waals surface area contributed by atoms with Crippen LogP contribution in [0.2, 0.25) is 0 Å². The van der Waals surface area contributed by atoms with Crippen molar-refractivity contribution >= 4 is 15.9 Å². The Morgan fingerprint density at radius 3 is 2.67 bits per heavy atom. The van der Waals surface area contributed by atoms with Gasteiger partial charge in [-0.05, 0) is 31.0 Å². The summed E-state index contributed by atoms with van der Waals surface area (Å²) in [7, 11) is -3.48. The molecule has 7 heteroatoms. The van der Waals surface area contributed by atoms with Crippen LogP contribution in [0.25, 0.3) is 0 Å². The third kappa shape index (κ3) is 4.01. The maximum absolute atomic E-state index is 12.8. The van der Waals surface area contributed by atoms with Crippen LogP contribution in [0.4, 0.5) is 4.39 Å². The lowest BCUT2D eigenvalue weighted by Gasteiger charge is -2.16. The zero-order valence-corrected chi connectivity index (χ0v) is 12.7. The summed E-state index contributed by atoms with van der Waals surface area (Å²) in [6, 6.07) is 5.41. The molecule has 1 atom stereocenters. The Balaban J connectivity index is 2.01. The number of rotatable bonds is 5. The van der Waals surface area contributed by atoms with Gasteiger partial charge in [-0.2, -0.15) is 0 Å². The number of hydrogen-bond acceptors (Lipinski definition) is 3. The largest absolute Gasteiger partial charge is 0.356 e. The van der Waals surface area contributed by atoms with Gasteiger partial charge in [-0.15, -0.1) is 0 Å². The SMILES string of the molecule is CCNC(=O)C1CCN(S(=O)(=O)Cc2ccc(F)cc2)C1. The molecule has 0 radical (unpaired) electrons. The molecule has 1 amide bonds. The summed E-state index contributed by atoms with van der Waals surface area (Å²) in [6.07, 6.45) is 0.536. The molecule has 1 N–H and O–H groups in total. The topological polar surface area (TPSA) is 66.5 Å². The molecule has 1 fully saturated rings. The highest BCUT2D eigenvalue weighted by atomic mass is 32.2. The number of halogens is 1. The summed E-state index contributed by atoms with van der Waals surface area (Å²) in [5, 5.41) is 2.71. The second kappa shape index (κ2) is 6.53. The van der Waals surface area contributed by atoms with Crippen molar-refractivity contribution in [1.29, 1.82) is 0 Å². The standard InChI is InChI=1S/C14H19FN2O3S/c1-2-16-14(18)12-7-8-17(9-12)21(19,20)10-11-3-5-13(15)6-4-11/h3-6,12H,2,7-10H2,1H3,(H,16,18). The van der Waals surface area contributed by atoms with E-state index in [0.29, 0.717) is 25.1 Å². The minimum absolute atomic E-state index is 0.100. The first-order valence-corrected chi connectivity index (χ1v) is 8.53. The first-order chi connectivity index (χ1) is 9.92. The Hall–Kier alpha value is -1.47. The van der Waals surface area contributed by atoms with Crippen molar-refractivity contribution in [1.82, 2.24) is 9.62 Å². The monoisotopic (exact) mass is 314 g/mol. The van der Waals surface area contributed by atoms with Crippen LogP contribution in [0.5, 0.6) is 0 Å². The second-order valence-electron chi connectivity index (χ2n) is 5.12. The Kier molecular flexibility index (Phi) is 4.95. The first kappa shape index (κ1) is 15.9. The lowest BCUT2D eigenvalue weighted by Crippen LogP contribution is -2.35. The molecule has 21 heavy (non-hydrogen) atoms. The Bertz CT molecular complexity index is 601. The molecular weight excluding hydrogens is 295 g/mol. The molecule has 0 spiro atoms. The van der Waals surface area contributed by atoms with Gasteiger partial charge in [0.05, 0.1) is 11.7 Å². The van der Waals surface area contributed by atoms with Crippen molar-refractivity contribution in [2.75, 3.05) is 19.6 Å². The van der Waals surface area contributed by atoms with Crippen molar-refractivity contribution in [3.63, 3.8) is 0 Å². The van der Waals surface area contributed by atoms with E-state index >= 15 is 0 Å². The van der Waals surface area contributed by atoms with Crippen molar-refractivity contribution in [2.45, 2.75) is 19.1 Å². The molecular formula is C14H19FN2O3S. The highest BCUT2D eigenvalue weighted by Crippen LogP contribution is 2.22. The zero-order chi connectivity index (χ0) is 15.5. The number of carbonyl (C=O) groups excluding carboxylic acids is 1. The molecule has 1 aliphatic rings. The summed E-state index contributed by atoms with van der Waals surface area (Å²) in [5.74, 6) is -0.950. The maximum atomic E-state index is 12.8. The first-order valence-electron chi connectivity index (χ1n) is 6.92. The third-order valence-electron chi connectivity index (χ3n) is 3.53. The predicted molar refractivity (Wildman–Crippen MR) is 77.4 cm³/mol. The average molecular weight is 314 g/mol. The smallest absolute Gasteiger partial charge is 0.224 e. The number of hydrogen-bond donors (Lipinski definition) is 1. The van der Waals surface area contributed by atoms with Gasteiger partial charge in [0.15, 0.2) is 0 Å². The minimum atomic E-state index is -3.48. The fourth-order valence-electron chi connectivity index (χ4n) is 2.40. The van der Waals surface area contributed by atoms with E-state index in [1.54, 1.807) is 0 Å². The van der Waals surface area contributed by atoms with Crippen LogP contribution in [-0.2, 0) is 20.6 Å². The average Bonchev–Trinajstić information content (AvgIpc) is 2.92. The number of nitrogens with one attached hydrogen (secondary N) is 1. The van der Waals surface area contributed by atoms with E-state index in [1.165, 1.54) is 28.6 Å². The van der Waals surface area contributed by atoms with Gasteiger partial charge >= 0.3 is 0 Å². The van der Waals surface area contributed by atoms with Gasteiger partial charge in [-0.25, -0.2) is 17.1 Å². The van der Waals surface area contributed by atoms with Gasteiger partial charge in [-0.1, -0.05) is 12.1 Å². The fourth-order valence-corrected chi connectivity index (χ4v) is 3.98. The molecule has 0 bridgehead atoms. The van der Waals surface area contributed by atoms with Crippen LogP contribution < -0.4 is 5.32 Å². The molecule has 1 aliphatic heterocycles. The lowest BCUT2D eigenvalue weighted by molar-refractivity contribution is -0.124. The number of carbonyl (C=O) groups is 1.